The average molecular weight is 331 g/mol. The van der Waals surface area contributed by atoms with Crippen LogP contribution in [0.15, 0.2) is 6.07 Å². The highest BCUT2D eigenvalue weighted by Gasteiger charge is 2.49. The molecule has 1 aliphatic heterocycles. The molecule has 2 amide bonds. The van der Waals surface area contributed by atoms with E-state index in [-0.39, 0.29) is 11.3 Å². The number of aromatic nitrogens is 1. The lowest BCUT2D eigenvalue weighted by molar-refractivity contribution is -0.0598. The number of ether oxygens (including phenoxy) is 1. The maximum absolute atomic E-state index is 12.2. The molecule has 6 nitrogen and oxygen atoms in total. The van der Waals surface area contributed by atoms with Gasteiger partial charge in [-0.2, -0.15) is 0 Å². The van der Waals surface area contributed by atoms with E-state index in [0.29, 0.717) is 17.8 Å². The van der Waals surface area contributed by atoms with Crippen molar-refractivity contribution in [1.82, 2.24) is 10.3 Å². The van der Waals surface area contributed by atoms with Gasteiger partial charge in [0.05, 0.1) is 5.69 Å². The molecule has 130 valence electrons. The lowest BCUT2D eigenvalue weighted by Gasteiger charge is -2.41. The summed E-state index contributed by atoms with van der Waals surface area (Å²) >= 11 is 0. The van der Waals surface area contributed by atoms with Gasteiger partial charge in [0.15, 0.2) is 5.60 Å². The molecule has 0 bridgehead atoms. The van der Waals surface area contributed by atoms with E-state index < -0.39 is 17.1 Å². The van der Waals surface area contributed by atoms with Crippen LogP contribution in [0.25, 0.3) is 0 Å². The number of rotatable bonds is 3. The van der Waals surface area contributed by atoms with Gasteiger partial charge in [0.1, 0.15) is 0 Å². The predicted molar refractivity (Wildman–Crippen MR) is 89.5 cm³/mol. The fourth-order valence-electron chi connectivity index (χ4n) is 3.12. The first-order valence-electron chi connectivity index (χ1n) is 8.29. The molecule has 6 heteroatoms. The van der Waals surface area contributed by atoms with E-state index in [1.807, 2.05) is 33.8 Å². The minimum absolute atomic E-state index is 0.00182. The van der Waals surface area contributed by atoms with Crippen molar-refractivity contribution in [2.24, 2.45) is 11.1 Å². The van der Waals surface area contributed by atoms with E-state index in [2.05, 4.69) is 12.2 Å². The second-order valence-electron chi connectivity index (χ2n) is 8.33. The highest BCUT2D eigenvalue weighted by Crippen LogP contribution is 2.50. The summed E-state index contributed by atoms with van der Waals surface area (Å²) in [7, 11) is 0. The predicted octanol–water partition coefficient (Wildman–Crippen LogP) is 2.73. The summed E-state index contributed by atoms with van der Waals surface area (Å²) in [4.78, 5) is 28.7. The topological polar surface area (TPSA) is 94.3 Å². The van der Waals surface area contributed by atoms with Crippen molar-refractivity contribution < 1.29 is 14.3 Å². The third kappa shape index (κ3) is 2.44. The number of carbonyl (C=O) groups excluding carboxylic acids is 2. The first kappa shape index (κ1) is 16.7. The molecule has 2 aliphatic rings. The van der Waals surface area contributed by atoms with E-state index in [4.69, 9.17) is 15.5 Å². The summed E-state index contributed by atoms with van der Waals surface area (Å²) in [5.41, 5.74) is 6.82. The van der Waals surface area contributed by atoms with Crippen LogP contribution in [-0.2, 0) is 22.3 Å². The monoisotopic (exact) mass is 331 g/mol. The Morgan fingerprint density at radius 3 is 2.46 bits per heavy atom. The van der Waals surface area contributed by atoms with Crippen LogP contribution >= 0.6 is 0 Å². The zero-order valence-electron chi connectivity index (χ0n) is 14.9. The maximum Gasteiger partial charge on any atom is 0.405 e. The summed E-state index contributed by atoms with van der Waals surface area (Å²) in [6.07, 6.45) is 1.24. The van der Waals surface area contributed by atoms with Crippen molar-refractivity contribution in [1.29, 1.82) is 0 Å². The standard InChI is InChI=1S/C18H25N3O3/c1-16(2,3)18(5,24-15(19)23)13-11-9-20-14(22)10(11)8-12(21-13)17(4)6-7-17/h8H,6-7,9H2,1-5H3,(H2,19,23)(H,20,22). The molecule has 1 aliphatic carbocycles. The SMILES string of the molecule is CC1(c2cc3c(c(C(C)(OC(N)=O)C(C)(C)C)n2)CNC3=O)CC1. The second kappa shape index (κ2) is 4.94. The van der Waals surface area contributed by atoms with E-state index in [0.717, 1.165) is 24.1 Å². The van der Waals surface area contributed by atoms with E-state index in [9.17, 15) is 9.59 Å². The zero-order valence-corrected chi connectivity index (χ0v) is 14.9. The van der Waals surface area contributed by atoms with Gasteiger partial charge in [-0.15, -0.1) is 0 Å². The van der Waals surface area contributed by atoms with Gasteiger partial charge < -0.3 is 15.8 Å². The molecule has 1 saturated carbocycles. The van der Waals surface area contributed by atoms with Gasteiger partial charge in [0, 0.05) is 34.2 Å². The number of nitrogens with zero attached hydrogens (tertiary/aromatic N) is 1. The molecule has 0 spiro atoms. The number of fused-ring (bicyclic) bond motifs is 1. The van der Waals surface area contributed by atoms with Crippen LogP contribution in [0.5, 0.6) is 0 Å². The van der Waals surface area contributed by atoms with E-state index in [1.165, 1.54) is 0 Å². The molecule has 1 aromatic heterocycles. The summed E-state index contributed by atoms with van der Waals surface area (Å²) in [6.45, 7) is 10.3. The Morgan fingerprint density at radius 2 is 1.96 bits per heavy atom. The Labute approximate surface area is 142 Å². The summed E-state index contributed by atoms with van der Waals surface area (Å²) < 4.78 is 5.57. The largest absolute Gasteiger partial charge is 0.436 e. The Hall–Kier alpha value is -2.11. The first-order chi connectivity index (χ1) is 11.0. The minimum atomic E-state index is -1.03. The smallest absolute Gasteiger partial charge is 0.405 e. The zero-order chi connectivity index (χ0) is 17.9. The number of amides is 2. The number of nitrogens with one attached hydrogen (secondary N) is 1. The fraction of sp³-hybridized carbons (Fsp3) is 0.611. The number of pyridine rings is 1. The van der Waals surface area contributed by atoms with Gasteiger partial charge in [-0.3, -0.25) is 9.78 Å². The van der Waals surface area contributed by atoms with Crippen LogP contribution in [0.1, 0.15) is 74.8 Å². The molecule has 1 aromatic rings. The Balaban J connectivity index is 2.25. The second-order valence-corrected chi connectivity index (χ2v) is 8.33. The normalized spacial score (nSPS) is 20.8. The molecule has 3 N–H and O–H groups in total. The minimum Gasteiger partial charge on any atom is -0.436 e. The van der Waals surface area contributed by atoms with Crippen molar-refractivity contribution in [2.75, 3.05) is 0 Å². The highest BCUT2D eigenvalue weighted by atomic mass is 16.6. The van der Waals surface area contributed by atoms with Crippen LogP contribution in [0.4, 0.5) is 4.79 Å². The molecule has 1 unspecified atom stereocenters. The molecule has 3 rings (SSSR count). The number of nitrogens with two attached hydrogens (primary N) is 1. The Kier molecular flexibility index (Phi) is 3.45. The van der Waals surface area contributed by atoms with Crippen LogP contribution in [0, 0.1) is 5.41 Å². The van der Waals surface area contributed by atoms with Crippen molar-refractivity contribution in [2.45, 2.75) is 65.0 Å². The van der Waals surface area contributed by atoms with Crippen molar-refractivity contribution in [3.8, 4) is 0 Å². The Morgan fingerprint density at radius 1 is 1.33 bits per heavy atom. The quantitative estimate of drug-likeness (QED) is 0.890. The lowest BCUT2D eigenvalue weighted by atomic mass is 9.73. The summed E-state index contributed by atoms with van der Waals surface area (Å²) in [5.74, 6) is -0.102. The fourth-order valence-corrected chi connectivity index (χ4v) is 3.12. The molecule has 0 radical (unpaired) electrons. The molecular weight excluding hydrogens is 306 g/mol. The van der Waals surface area contributed by atoms with Gasteiger partial charge >= 0.3 is 6.09 Å². The van der Waals surface area contributed by atoms with Gasteiger partial charge in [0.2, 0.25) is 0 Å². The number of hydrogen-bond acceptors (Lipinski definition) is 4. The van der Waals surface area contributed by atoms with Crippen molar-refractivity contribution in [3.05, 3.63) is 28.6 Å². The molecule has 1 fully saturated rings. The van der Waals surface area contributed by atoms with Gasteiger partial charge in [0.25, 0.3) is 5.91 Å². The number of carbonyl (C=O) groups is 2. The van der Waals surface area contributed by atoms with Crippen LogP contribution < -0.4 is 11.1 Å². The molecular formula is C18H25N3O3. The first-order valence-corrected chi connectivity index (χ1v) is 8.29. The third-order valence-electron chi connectivity index (χ3n) is 5.60. The highest BCUT2D eigenvalue weighted by molar-refractivity contribution is 5.98. The molecule has 0 aromatic carbocycles. The molecule has 24 heavy (non-hydrogen) atoms. The Bertz CT molecular complexity index is 732. The molecule has 1 atom stereocenters. The van der Waals surface area contributed by atoms with Gasteiger partial charge in [-0.25, -0.2) is 4.79 Å². The van der Waals surface area contributed by atoms with Gasteiger partial charge in [-0.1, -0.05) is 27.7 Å². The van der Waals surface area contributed by atoms with Crippen LogP contribution in [0.2, 0.25) is 0 Å². The molecule has 0 saturated heterocycles. The van der Waals surface area contributed by atoms with Crippen molar-refractivity contribution >= 4 is 12.0 Å². The maximum atomic E-state index is 12.2. The number of hydrogen-bond donors (Lipinski definition) is 2. The van der Waals surface area contributed by atoms with Crippen molar-refractivity contribution in [3.63, 3.8) is 0 Å². The average Bonchev–Trinajstić information content (AvgIpc) is 3.10. The molecule has 2 heterocycles. The van der Waals surface area contributed by atoms with Crippen LogP contribution in [0.3, 0.4) is 0 Å². The van der Waals surface area contributed by atoms with E-state index in [1.54, 1.807) is 0 Å². The lowest BCUT2D eigenvalue weighted by Crippen LogP contribution is -2.44. The van der Waals surface area contributed by atoms with E-state index >= 15 is 0 Å². The van der Waals surface area contributed by atoms with Crippen LogP contribution in [-0.4, -0.2) is 17.0 Å². The summed E-state index contributed by atoms with van der Waals surface area (Å²) in [6, 6.07) is 1.89. The van der Waals surface area contributed by atoms with Gasteiger partial charge in [-0.05, 0) is 25.8 Å². The third-order valence-corrected chi connectivity index (χ3v) is 5.60. The number of primary amides is 1. The summed E-state index contributed by atoms with van der Waals surface area (Å²) in [5, 5.41) is 2.85.